The van der Waals surface area contributed by atoms with Crippen LogP contribution < -0.4 is 59.1 Å². The minimum atomic E-state index is -5.15. The van der Waals surface area contributed by atoms with E-state index in [4.69, 9.17) is 10.2 Å². The van der Waals surface area contributed by atoms with E-state index in [2.05, 4.69) is 0 Å². The summed E-state index contributed by atoms with van der Waals surface area (Å²) >= 11 is 0. The summed E-state index contributed by atoms with van der Waals surface area (Å²) < 4.78 is 63.3. The Labute approximate surface area is 153 Å². The maximum atomic E-state index is 10.6. The van der Waals surface area contributed by atoms with E-state index in [-0.39, 0.29) is 76.7 Å². The fraction of sp³-hybridized carbons (Fsp3) is 0. The van der Waals surface area contributed by atoms with Crippen LogP contribution in [-0.2, 0) is 20.2 Å². The molecule has 98 valence electrons. The normalized spacial score (nSPS) is 10.6. The zero-order chi connectivity index (χ0) is 12.7. The minimum Gasteiger partial charge on any atom is -0.744 e. The van der Waals surface area contributed by atoms with Gasteiger partial charge in [0.25, 0.3) is 0 Å². The summed E-state index contributed by atoms with van der Waals surface area (Å²) in [6.07, 6.45) is 0. The fourth-order valence-electron chi connectivity index (χ4n) is 0.939. The van der Waals surface area contributed by atoms with E-state index >= 15 is 0 Å². The van der Waals surface area contributed by atoms with E-state index in [1.54, 1.807) is 0 Å². The fourth-order valence-corrected chi connectivity index (χ4v) is 2.17. The molecular weight excluding hydrogens is 326 g/mol. The third-order valence-corrected chi connectivity index (χ3v) is 3.31. The number of phenols is 2. The first-order valence-electron chi connectivity index (χ1n) is 3.51. The molecule has 4 N–H and O–H groups in total. The monoisotopic (exact) mass is 332 g/mol. The van der Waals surface area contributed by atoms with Gasteiger partial charge in [0.05, 0.1) is 9.79 Å². The van der Waals surface area contributed by atoms with Crippen molar-refractivity contribution in [2.24, 2.45) is 0 Å². The molecule has 1 aromatic carbocycles. The summed E-state index contributed by atoms with van der Waals surface area (Å²) in [5, 5.41) is 18.0. The Hall–Kier alpha value is 0.600. The predicted octanol–water partition coefficient (Wildman–Crippen LogP) is -7.91. The Morgan fingerprint density at radius 3 is 1.26 bits per heavy atom. The van der Waals surface area contributed by atoms with Gasteiger partial charge in [0.1, 0.15) is 31.7 Å². The molecule has 0 aliphatic rings. The molecule has 0 aliphatic carbocycles. The molecule has 0 unspecified atom stereocenters. The Balaban J connectivity index is -0.000000853. The van der Waals surface area contributed by atoms with Gasteiger partial charge in [-0.1, -0.05) is 0 Å². The summed E-state index contributed by atoms with van der Waals surface area (Å²) in [4.78, 5) is -2.58. The SMILES string of the molecule is O.O=S(=O)([O-])c1cc(S(=O)(=O)[O-])c(O)cc1O.[Na+].[Na+]. The van der Waals surface area contributed by atoms with Crippen molar-refractivity contribution in [3.8, 4) is 11.5 Å². The molecule has 0 atom stereocenters. The van der Waals surface area contributed by atoms with E-state index in [0.29, 0.717) is 0 Å². The molecule has 0 amide bonds. The van der Waals surface area contributed by atoms with Gasteiger partial charge < -0.3 is 24.8 Å². The van der Waals surface area contributed by atoms with Gasteiger partial charge in [-0.3, -0.25) is 0 Å². The number of rotatable bonds is 2. The van der Waals surface area contributed by atoms with E-state index in [1.807, 2.05) is 0 Å². The molecule has 1 rings (SSSR count). The largest absolute Gasteiger partial charge is 1.00 e. The molecule has 19 heavy (non-hydrogen) atoms. The van der Waals surface area contributed by atoms with E-state index in [1.165, 1.54) is 0 Å². The minimum absolute atomic E-state index is 0. The van der Waals surface area contributed by atoms with Crippen molar-refractivity contribution in [3.63, 3.8) is 0 Å². The van der Waals surface area contributed by atoms with Crippen molar-refractivity contribution in [1.29, 1.82) is 0 Å². The van der Waals surface area contributed by atoms with Crippen LogP contribution in [0.25, 0.3) is 0 Å². The zero-order valence-corrected chi connectivity index (χ0v) is 15.4. The van der Waals surface area contributed by atoms with Crippen LogP contribution >= 0.6 is 0 Å². The number of benzene rings is 1. The molecule has 0 fully saturated rings. The number of hydrogen-bond donors (Lipinski definition) is 2. The van der Waals surface area contributed by atoms with Gasteiger partial charge in [0.15, 0.2) is 0 Å². The second-order valence-electron chi connectivity index (χ2n) is 2.70. The van der Waals surface area contributed by atoms with Gasteiger partial charge in [-0.25, -0.2) is 16.8 Å². The van der Waals surface area contributed by atoms with Crippen molar-refractivity contribution >= 4 is 20.2 Å². The summed E-state index contributed by atoms with van der Waals surface area (Å²) in [6, 6.07) is 0.394. The summed E-state index contributed by atoms with van der Waals surface area (Å²) in [5.74, 6) is -2.28. The third kappa shape index (κ3) is 6.27. The predicted molar refractivity (Wildman–Crippen MR) is 49.3 cm³/mol. The van der Waals surface area contributed by atoms with Crippen LogP contribution in [0.15, 0.2) is 21.9 Å². The van der Waals surface area contributed by atoms with Gasteiger partial charge in [0.2, 0.25) is 0 Å². The van der Waals surface area contributed by atoms with Gasteiger partial charge in [-0.15, -0.1) is 0 Å². The quantitative estimate of drug-likeness (QED) is 0.394. The van der Waals surface area contributed by atoms with Crippen LogP contribution in [0, 0.1) is 0 Å². The summed E-state index contributed by atoms with van der Waals surface area (Å²) in [5.41, 5.74) is 0. The average Bonchev–Trinajstić information content (AvgIpc) is 1.97. The number of phenolic OH excluding ortho intramolecular Hbond substituents is 2. The molecule has 0 saturated carbocycles. The Morgan fingerprint density at radius 1 is 0.789 bits per heavy atom. The molecule has 13 heteroatoms. The molecule has 0 bridgehead atoms. The smallest absolute Gasteiger partial charge is 0.744 e. The maximum absolute atomic E-state index is 10.6. The molecule has 0 saturated heterocycles. The number of hydrogen-bond acceptors (Lipinski definition) is 8. The topological polar surface area (TPSA) is 186 Å². The standard InChI is InChI=1S/C6H6O8S2.2Na.H2O/c7-3-1-4(8)6(16(12,13)14)2-5(3)15(9,10)11;;;/h1-2,7-8H,(H,9,10,11)(H,12,13,14);;;1H2/q;2*+1;/p-2. The Kier molecular flexibility index (Phi) is 10.5. The van der Waals surface area contributed by atoms with E-state index < -0.39 is 41.5 Å². The molecule has 0 radical (unpaired) electrons. The Bertz CT molecular complexity index is 584. The molecule has 0 spiro atoms. The maximum Gasteiger partial charge on any atom is 1.00 e. The van der Waals surface area contributed by atoms with Crippen LogP contribution in [0.3, 0.4) is 0 Å². The summed E-state index contributed by atoms with van der Waals surface area (Å²) in [7, 11) is -10.3. The first kappa shape index (κ1) is 24.6. The van der Waals surface area contributed by atoms with Crippen LogP contribution in [0.4, 0.5) is 0 Å². The van der Waals surface area contributed by atoms with Crippen molar-refractivity contribution in [2.45, 2.75) is 9.79 Å². The zero-order valence-electron chi connectivity index (χ0n) is 9.82. The molecule has 1 aromatic rings. The first-order valence-corrected chi connectivity index (χ1v) is 6.33. The Morgan fingerprint density at radius 2 is 1.05 bits per heavy atom. The van der Waals surface area contributed by atoms with Crippen LogP contribution in [-0.4, -0.2) is 41.6 Å². The molecule has 9 nitrogen and oxygen atoms in total. The van der Waals surface area contributed by atoms with Crippen molar-refractivity contribution in [3.05, 3.63) is 12.1 Å². The summed E-state index contributed by atoms with van der Waals surface area (Å²) in [6.45, 7) is 0. The van der Waals surface area contributed by atoms with Crippen molar-refractivity contribution in [2.75, 3.05) is 0 Å². The van der Waals surface area contributed by atoms with Crippen molar-refractivity contribution in [1.82, 2.24) is 0 Å². The van der Waals surface area contributed by atoms with Crippen molar-refractivity contribution < 1.29 is 101 Å². The second-order valence-corrected chi connectivity index (χ2v) is 5.39. The molecule has 0 heterocycles. The van der Waals surface area contributed by atoms with Gasteiger partial charge in [0, 0.05) is 6.07 Å². The van der Waals surface area contributed by atoms with E-state index in [9.17, 15) is 25.9 Å². The van der Waals surface area contributed by atoms with Gasteiger partial charge in [-0.05, 0) is 6.07 Å². The van der Waals surface area contributed by atoms with Crippen LogP contribution in [0.1, 0.15) is 0 Å². The van der Waals surface area contributed by atoms with Gasteiger partial charge in [-0.2, -0.15) is 0 Å². The average molecular weight is 332 g/mol. The van der Waals surface area contributed by atoms with Crippen LogP contribution in [0.5, 0.6) is 11.5 Å². The van der Waals surface area contributed by atoms with Crippen LogP contribution in [0.2, 0.25) is 0 Å². The van der Waals surface area contributed by atoms with E-state index in [0.717, 1.165) is 0 Å². The third-order valence-electron chi connectivity index (χ3n) is 1.58. The second kappa shape index (κ2) is 8.14. The molecule has 0 aromatic heterocycles. The molecule has 0 aliphatic heterocycles. The molecular formula is C6H6Na2O9S2. The number of aromatic hydroxyl groups is 2. The van der Waals surface area contributed by atoms with Gasteiger partial charge >= 0.3 is 59.1 Å². The first-order chi connectivity index (χ1) is 7.03.